The highest BCUT2D eigenvalue weighted by molar-refractivity contribution is 4.62. The Morgan fingerprint density at radius 3 is 2.38 bits per heavy atom. The average molecular weight is 232 g/mol. The summed E-state index contributed by atoms with van der Waals surface area (Å²) in [6, 6.07) is 0.566. The molecule has 2 N–H and O–H groups in total. The van der Waals surface area contributed by atoms with E-state index >= 15 is 0 Å². The lowest BCUT2D eigenvalue weighted by molar-refractivity contribution is 0.00630. The summed E-state index contributed by atoms with van der Waals surface area (Å²) in [5.74, 6) is 0. The van der Waals surface area contributed by atoms with E-state index in [0.717, 1.165) is 13.1 Å². The van der Waals surface area contributed by atoms with Gasteiger partial charge in [0, 0.05) is 25.7 Å². The van der Waals surface area contributed by atoms with Crippen LogP contribution in [0.15, 0.2) is 0 Å². The lowest BCUT2D eigenvalue weighted by Crippen LogP contribution is -2.37. The van der Waals surface area contributed by atoms with Crippen LogP contribution in [0, 0.1) is 0 Å². The van der Waals surface area contributed by atoms with Crippen LogP contribution in [0.1, 0.15) is 27.7 Å². The zero-order valence-electron chi connectivity index (χ0n) is 11.4. The maximum atomic E-state index is 9.57. The lowest BCUT2D eigenvalue weighted by Gasteiger charge is -2.21. The van der Waals surface area contributed by atoms with Crippen molar-refractivity contribution in [3.05, 3.63) is 0 Å². The van der Waals surface area contributed by atoms with Gasteiger partial charge in [-0.2, -0.15) is 0 Å². The van der Waals surface area contributed by atoms with E-state index in [1.54, 1.807) is 0 Å². The Balaban J connectivity index is 3.37. The van der Waals surface area contributed by atoms with Crippen LogP contribution in [-0.2, 0) is 4.74 Å². The van der Waals surface area contributed by atoms with Crippen molar-refractivity contribution in [2.24, 2.45) is 0 Å². The van der Waals surface area contributed by atoms with E-state index in [1.165, 1.54) is 0 Å². The molecule has 0 radical (unpaired) electrons. The third-order valence-corrected chi connectivity index (χ3v) is 2.52. The standard InChI is InChI=1S/C12H28N2O2/c1-10(2)14(5)7-6-13-8-12(15)9-16-11(3)4/h10-13,15H,6-9H2,1-5H3. The first kappa shape index (κ1) is 15.8. The van der Waals surface area contributed by atoms with E-state index in [9.17, 15) is 5.11 Å². The van der Waals surface area contributed by atoms with Crippen LogP contribution in [0.25, 0.3) is 0 Å². The number of rotatable bonds is 9. The Kier molecular flexibility index (Phi) is 8.84. The van der Waals surface area contributed by atoms with Gasteiger partial charge in [0.1, 0.15) is 0 Å². The van der Waals surface area contributed by atoms with Gasteiger partial charge in [-0.3, -0.25) is 0 Å². The van der Waals surface area contributed by atoms with Gasteiger partial charge in [-0.25, -0.2) is 0 Å². The zero-order valence-corrected chi connectivity index (χ0v) is 11.4. The number of nitrogens with one attached hydrogen (secondary N) is 1. The Labute approximate surface area is 100.0 Å². The zero-order chi connectivity index (χ0) is 12.6. The number of aliphatic hydroxyl groups excluding tert-OH is 1. The molecule has 0 aliphatic heterocycles. The normalized spacial score (nSPS) is 14.1. The summed E-state index contributed by atoms with van der Waals surface area (Å²) in [5, 5.41) is 12.8. The number of hydrogen-bond acceptors (Lipinski definition) is 4. The highest BCUT2D eigenvalue weighted by Gasteiger charge is 2.06. The van der Waals surface area contributed by atoms with Crippen LogP contribution in [0.3, 0.4) is 0 Å². The van der Waals surface area contributed by atoms with Crippen LogP contribution in [0.5, 0.6) is 0 Å². The van der Waals surface area contributed by atoms with Crippen molar-refractivity contribution in [1.82, 2.24) is 10.2 Å². The van der Waals surface area contributed by atoms with Crippen LogP contribution in [0.4, 0.5) is 0 Å². The van der Waals surface area contributed by atoms with Crippen molar-refractivity contribution < 1.29 is 9.84 Å². The van der Waals surface area contributed by atoms with Gasteiger partial charge in [0.2, 0.25) is 0 Å². The van der Waals surface area contributed by atoms with Crippen molar-refractivity contribution in [2.45, 2.75) is 45.9 Å². The monoisotopic (exact) mass is 232 g/mol. The Hall–Kier alpha value is -0.160. The van der Waals surface area contributed by atoms with Crippen molar-refractivity contribution >= 4 is 0 Å². The summed E-state index contributed by atoms with van der Waals surface area (Å²) in [7, 11) is 2.10. The fraction of sp³-hybridized carbons (Fsp3) is 1.00. The fourth-order valence-corrected chi connectivity index (χ4v) is 1.14. The third kappa shape index (κ3) is 9.09. The van der Waals surface area contributed by atoms with Crippen LogP contribution in [0.2, 0.25) is 0 Å². The molecule has 1 unspecified atom stereocenters. The number of aliphatic hydroxyl groups is 1. The fourth-order valence-electron chi connectivity index (χ4n) is 1.14. The molecular formula is C12H28N2O2. The van der Waals surface area contributed by atoms with Gasteiger partial charge in [-0.15, -0.1) is 0 Å². The molecule has 0 aromatic carbocycles. The first-order chi connectivity index (χ1) is 7.43. The Morgan fingerprint density at radius 2 is 1.88 bits per heavy atom. The Morgan fingerprint density at radius 1 is 1.25 bits per heavy atom. The van der Waals surface area contributed by atoms with Crippen molar-refractivity contribution in [3.63, 3.8) is 0 Å². The molecule has 0 saturated carbocycles. The van der Waals surface area contributed by atoms with Gasteiger partial charge < -0.3 is 20.1 Å². The maximum Gasteiger partial charge on any atom is 0.0897 e. The van der Waals surface area contributed by atoms with Gasteiger partial charge in [-0.1, -0.05) is 0 Å². The minimum atomic E-state index is -0.410. The maximum absolute atomic E-state index is 9.57. The molecule has 0 aromatic rings. The first-order valence-corrected chi connectivity index (χ1v) is 6.14. The number of hydrogen-bond donors (Lipinski definition) is 2. The summed E-state index contributed by atoms with van der Waals surface area (Å²) < 4.78 is 5.32. The SMILES string of the molecule is CC(C)OCC(O)CNCCN(C)C(C)C. The summed E-state index contributed by atoms with van der Waals surface area (Å²) in [6.45, 7) is 11.2. The molecule has 4 heteroatoms. The predicted molar refractivity (Wildman–Crippen MR) is 67.7 cm³/mol. The van der Waals surface area contributed by atoms with Crippen LogP contribution < -0.4 is 5.32 Å². The van der Waals surface area contributed by atoms with Gasteiger partial charge in [0.05, 0.1) is 18.8 Å². The van der Waals surface area contributed by atoms with E-state index in [2.05, 4.69) is 31.1 Å². The largest absolute Gasteiger partial charge is 0.389 e. The van der Waals surface area contributed by atoms with Gasteiger partial charge >= 0.3 is 0 Å². The van der Waals surface area contributed by atoms with E-state index in [4.69, 9.17) is 4.74 Å². The molecule has 0 spiro atoms. The van der Waals surface area contributed by atoms with Crippen LogP contribution in [-0.4, -0.2) is 61.5 Å². The second-order valence-corrected chi connectivity index (χ2v) is 4.81. The highest BCUT2D eigenvalue weighted by atomic mass is 16.5. The van der Waals surface area contributed by atoms with Gasteiger partial charge in [-0.05, 0) is 34.7 Å². The van der Waals surface area contributed by atoms with E-state index in [1.807, 2.05) is 13.8 Å². The van der Waals surface area contributed by atoms with E-state index in [0.29, 0.717) is 19.2 Å². The van der Waals surface area contributed by atoms with Gasteiger partial charge in [0.15, 0.2) is 0 Å². The molecular weight excluding hydrogens is 204 g/mol. The second kappa shape index (κ2) is 8.93. The minimum Gasteiger partial charge on any atom is -0.389 e. The quantitative estimate of drug-likeness (QED) is 0.575. The molecule has 98 valence electrons. The third-order valence-electron chi connectivity index (χ3n) is 2.52. The summed E-state index contributed by atoms with van der Waals surface area (Å²) in [6.07, 6.45) is -0.228. The summed E-state index contributed by atoms with van der Waals surface area (Å²) in [4.78, 5) is 2.27. The topological polar surface area (TPSA) is 44.7 Å². The molecule has 0 fully saturated rings. The molecule has 4 nitrogen and oxygen atoms in total. The Bertz CT molecular complexity index is 163. The molecule has 0 saturated heterocycles. The lowest BCUT2D eigenvalue weighted by atomic mass is 10.3. The average Bonchev–Trinajstić information content (AvgIpc) is 2.20. The molecule has 0 amide bonds. The first-order valence-electron chi connectivity index (χ1n) is 6.14. The van der Waals surface area contributed by atoms with Crippen molar-refractivity contribution in [1.29, 1.82) is 0 Å². The molecule has 0 rings (SSSR count). The molecule has 16 heavy (non-hydrogen) atoms. The molecule has 0 aromatic heterocycles. The van der Waals surface area contributed by atoms with E-state index < -0.39 is 6.10 Å². The molecule has 0 aliphatic rings. The van der Waals surface area contributed by atoms with Gasteiger partial charge in [0.25, 0.3) is 0 Å². The molecule has 0 aliphatic carbocycles. The summed E-state index contributed by atoms with van der Waals surface area (Å²) in [5.41, 5.74) is 0. The molecule has 0 heterocycles. The highest BCUT2D eigenvalue weighted by Crippen LogP contribution is 1.92. The van der Waals surface area contributed by atoms with Crippen LogP contribution >= 0.6 is 0 Å². The molecule has 0 bridgehead atoms. The number of likely N-dealkylation sites (N-methyl/N-ethyl adjacent to an activating group) is 1. The van der Waals surface area contributed by atoms with E-state index in [-0.39, 0.29) is 6.10 Å². The second-order valence-electron chi connectivity index (χ2n) is 4.81. The minimum absolute atomic E-state index is 0.182. The predicted octanol–water partition coefficient (Wildman–Crippen LogP) is 0.702. The van der Waals surface area contributed by atoms with Crippen molar-refractivity contribution in [2.75, 3.05) is 33.3 Å². The number of ether oxygens (including phenoxy) is 1. The summed E-state index contributed by atoms with van der Waals surface area (Å²) >= 11 is 0. The van der Waals surface area contributed by atoms with Crippen molar-refractivity contribution in [3.8, 4) is 0 Å². The molecule has 1 atom stereocenters. The number of nitrogens with zero attached hydrogens (tertiary/aromatic N) is 1. The smallest absolute Gasteiger partial charge is 0.0897 e.